The van der Waals surface area contributed by atoms with Crippen LogP contribution in [0.15, 0.2) is 18.5 Å². The molecule has 0 aliphatic heterocycles. The first-order valence-electron chi connectivity index (χ1n) is 4.86. The molecule has 1 aromatic rings. The van der Waals surface area contributed by atoms with Crippen LogP contribution in [0.2, 0.25) is 0 Å². The van der Waals surface area contributed by atoms with Crippen molar-refractivity contribution in [3.8, 4) is 0 Å². The van der Waals surface area contributed by atoms with Crippen LogP contribution in [-0.4, -0.2) is 11.2 Å². The molecule has 1 aromatic heterocycles. The predicted octanol–water partition coefficient (Wildman–Crippen LogP) is 1.94. The first-order valence-corrected chi connectivity index (χ1v) is 4.86. The van der Waals surface area contributed by atoms with Crippen LogP contribution in [0.25, 0.3) is 0 Å². The van der Waals surface area contributed by atoms with Crippen LogP contribution < -0.4 is 5.48 Å². The Bertz CT molecular complexity index is 233. The van der Waals surface area contributed by atoms with Gasteiger partial charge in [-0.25, -0.2) is 0 Å². The Labute approximate surface area is 79.7 Å². The molecule has 1 rings (SSSR count). The Morgan fingerprint density at radius 2 is 2.31 bits per heavy atom. The van der Waals surface area contributed by atoms with Gasteiger partial charge in [0, 0.05) is 25.5 Å². The van der Waals surface area contributed by atoms with Crippen molar-refractivity contribution in [2.75, 3.05) is 6.61 Å². The van der Waals surface area contributed by atoms with Crippen molar-refractivity contribution >= 4 is 0 Å². The molecule has 0 amide bonds. The molecule has 0 radical (unpaired) electrons. The van der Waals surface area contributed by atoms with E-state index in [0.717, 1.165) is 13.1 Å². The van der Waals surface area contributed by atoms with Crippen molar-refractivity contribution in [1.29, 1.82) is 0 Å². The van der Waals surface area contributed by atoms with Gasteiger partial charge >= 0.3 is 0 Å². The van der Waals surface area contributed by atoms with Gasteiger partial charge in [0.15, 0.2) is 0 Å². The van der Waals surface area contributed by atoms with Crippen LogP contribution in [0.1, 0.15) is 25.8 Å². The summed E-state index contributed by atoms with van der Waals surface area (Å²) < 4.78 is 2.20. The molecule has 0 aliphatic rings. The van der Waals surface area contributed by atoms with E-state index in [2.05, 4.69) is 35.4 Å². The summed E-state index contributed by atoms with van der Waals surface area (Å²) in [5, 5.41) is 0. The Hall–Kier alpha value is -0.800. The maximum Gasteiger partial charge on any atom is 0.0654 e. The minimum Gasteiger partial charge on any atom is -0.354 e. The Morgan fingerprint density at radius 3 is 3.00 bits per heavy atom. The van der Waals surface area contributed by atoms with Crippen LogP contribution in [-0.2, 0) is 17.9 Å². The summed E-state index contributed by atoms with van der Waals surface area (Å²) in [6, 6.07) is 2.11. The number of aryl methyl sites for hydroxylation is 1. The molecule has 3 heteroatoms. The summed E-state index contributed by atoms with van der Waals surface area (Å²) in [5.41, 5.74) is 4.16. The van der Waals surface area contributed by atoms with Gasteiger partial charge in [0.05, 0.1) is 6.61 Å². The summed E-state index contributed by atoms with van der Waals surface area (Å²) in [6.07, 6.45) is 5.43. The molecule has 0 bridgehead atoms. The number of nitrogens with zero attached hydrogens (tertiary/aromatic N) is 1. The topological polar surface area (TPSA) is 26.2 Å². The molecule has 0 saturated carbocycles. The average molecular weight is 182 g/mol. The molecule has 0 fully saturated rings. The lowest BCUT2D eigenvalue weighted by atomic mass is 10.3. The van der Waals surface area contributed by atoms with Gasteiger partial charge < -0.3 is 9.40 Å². The third kappa shape index (κ3) is 3.61. The second-order valence-electron chi connectivity index (χ2n) is 3.01. The summed E-state index contributed by atoms with van der Waals surface area (Å²) in [6.45, 7) is 6.72. The van der Waals surface area contributed by atoms with Crippen LogP contribution in [0.3, 0.4) is 0 Å². The van der Waals surface area contributed by atoms with Crippen molar-refractivity contribution in [2.45, 2.75) is 33.4 Å². The van der Waals surface area contributed by atoms with Gasteiger partial charge in [0.1, 0.15) is 0 Å². The normalized spacial score (nSPS) is 10.6. The highest BCUT2D eigenvalue weighted by molar-refractivity contribution is 5.09. The lowest BCUT2D eigenvalue weighted by Crippen LogP contribution is -2.13. The number of hydrogen-bond donors (Lipinski definition) is 1. The largest absolute Gasteiger partial charge is 0.354 e. The molecule has 0 aliphatic carbocycles. The van der Waals surface area contributed by atoms with E-state index < -0.39 is 0 Å². The summed E-state index contributed by atoms with van der Waals surface area (Å²) in [4.78, 5) is 5.05. The predicted molar refractivity (Wildman–Crippen MR) is 53.2 cm³/mol. The van der Waals surface area contributed by atoms with Crippen LogP contribution in [0, 0.1) is 0 Å². The van der Waals surface area contributed by atoms with Gasteiger partial charge in [0.25, 0.3) is 0 Å². The zero-order valence-corrected chi connectivity index (χ0v) is 8.42. The maximum atomic E-state index is 5.05. The number of hydroxylamine groups is 1. The van der Waals surface area contributed by atoms with Gasteiger partial charge in [0.2, 0.25) is 0 Å². The summed E-state index contributed by atoms with van der Waals surface area (Å²) >= 11 is 0. The first-order chi connectivity index (χ1) is 6.36. The van der Waals surface area contributed by atoms with Crippen molar-refractivity contribution in [3.63, 3.8) is 0 Å². The van der Waals surface area contributed by atoms with Gasteiger partial charge in [-0.3, -0.25) is 0 Å². The average Bonchev–Trinajstić information content (AvgIpc) is 2.54. The summed E-state index contributed by atoms with van der Waals surface area (Å²) in [7, 11) is 0. The second-order valence-corrected chi connectivity index (χ2v) is 3.01. The minimum absolute atomic E-state index is 0.704. The van der Waals surface area contributed by atoms with E-state index in [1.807, 2.05) is 6.92 Å². The fourth-order valence-corrected chi connectivity index (χ4v) is 1.23. The number of rotatable bonds is 6. The molecule has 0 saturated heterocycles. The highest BCUT2D eigenvalue weighted by atomic mass is 16.6. The van der Waals surface area contributed by atoms with E-state index in [0.29, 0.717) is 6.61 Å². The van der Waals surface area contributed by atoms with Gasteiger partial charge in [-0.15, -0.1) is 0 Å². The number of aromatic nitrogens is 1. The zero-order chi connectivity index (χ0) is 9.52. The van der Waals surface area contributed by atoms with Crippen molar-refractivity contribution in [2.24, 2.45) is 0 Å². The minimum atomic E-state index is 0.704. The Morgan fingerprint density at radius 1 is 1.46 bits per heavy atom. The molecule has 0 atom stereocenters. The fourth-order valence-electron chi connectivity index (χ4n) is 1.23. The van der Waals surface area contributed by atoms with E-state index in [1.165, 1.54) is 12.0 Å². The van der Waals surface area contributed by atoms with Gasteiger partial charge in [-0.2, -0.15) is 5.48 Å². The van der Waals surface area contributed by atoms with Crippen LogP contribution in [0.4, 0.5) is 0 Å². The molecule has 74 valence electrons. The van der Waals surface area contributed by atoms with E-state index in [1.54, 1.807) is 0 Å². The molecule has 1 heterocycles. The maximum absolute atomic E-state index is 5.05. The van der Waals surface area contributed by atoms with E-state index in [9.17, 15) is 0 Å². The quantitative estimate of drug-likeness (QED) is 0.537. The van der Waals surface area contributed by atoms with E-state index in [-0.39, 0.29) is 0 Å². The highest BCUT2D eigenvalue weighted by Gasteiger charge is 1.95. The Kier molecular flexibility index (Phi) is 4.57. The third-order valence-electron chi connectivity index (χ3n) is 1.82. The van der Waals surface area contributed by atoms with Gasteiger partial charge in [-0.05, 0) is 25.0 Å². The molecular weight excluding hydrogens is 164 g/mol. The van der Waals surface area contributed by atoms with Crippen molar-refractivity contribution in [3.05, 3.63) is 24.0 Å². The molecule has 0 spiro atoms. The molecular formula is C10H18N2O. The first kappa shape index (κ1) is 10.3. The Balaban J connectivity index is 2.31. The smallest absolute Gasteiger partial charge is 0.0654 e. The SMILES string of the molecule is CCCn1ccc(CNOCC)c1. The fraction of sp³-hybridized carbons (Fsp3) is 0.600. The molecule has 0 aromatic carbocycles. The standard InChI is InChI=1S/C10H18N2O/c1-3-6-12-7-5-10(9-12)8-11-13-4-2/h5,7,9,11H,3-4,6,8H2,1-2H3. The molecule has 1 N–H and O–H groups in total. The zero-order valence-electron chi connectivity index (χ0n) is 8.42. The lowest BCUT2D eigenvalue weighted by Gasteiger charge is -2.01. The van der Waals surface area contributed by atoms with Crippen molar-refractivity contribution in [1.82, 2.24) is 10.0 Å². The molecule has 0 unspecified atom stereocenters. The second kappa shape index (κ2) is 5.78. The molecule has 3 nitrogen and oxygen atoms in total. The highest BCUT2D eigenvalue weighted by Crippen LogP contribution is 2.01. The summed E-state index contributed by atoms with van der Waals surface area (Å²) in [5.74, 6) is 0. The van der Waals surface area contributed by atoms with E-state index >= 15 is 0 Å². The van der Waals surface area contributed by atoms with Crippen molar-refractivity contribution < 1.29 is 4.84 Å². The lowest BCUT2D eigenvalue weighted by molar-refractivity contribution is 0.0463. The van der Waals surface area contributed by atoms with Crippen LogP contribution in [0.5, 0.6) is 0 Å². The third-order valence-corrected chi connectivity index (χ3v) is 1.82. The van der Waals surface area contributed by atoms with E-state index in [4.69, 9.17) is 4.84 Å². The molecule has 13 heavy (non-hydrogen) atoms. The monoisotopic (exact) mass is 182 g/mol. The van der Waals surface area contributed by atoms with Gasteiger partial charge in [-0.1, -0.05) is 6.92 Å². The van der Waals surface area contributed by atoms with Crippen LogP contribution >= 0.6 is 0 Å². The number of nitrogens with one attached hydrogen (secondary N) is 1. The number of hydrogen-bond acceptors (Lipinski definition) is 2.